The number of aliphatic carboxylic acids is 1. The summed E-state index contributed by atoms with van der Waals surface area (Å²) in [5.41, 5.74) is 4.07. The van der Waals surface area contributed by atoms with E-state index in [1.807, 2.05) is 53.8 Å². The predicted molar refractivity (Wildman–Crippen MR) is 122 cm³/mol. The fraction of sp³-hybridized carbons (Fsp3) is 0.320. The van der Waals surface area contributed by atoms with Crippen molar-refractivity contribution in [2.45, 2.75) is 31.0 Å². The number of benzene rings is 2. The minimum Gasteiger partial charge on any atom is -0.481 e. The van der Waals surface area contributed by atoms with E-state index in [0.29, 0.717) is 0 Å². The van der Waals surface area contributed by atoms with Crippen LogP contribution in [0.25, 0.3) is 11.1 Å². The van der Waals surface area contributed by atoms with Gasteiger partial charge in [0.25, 0.3) is 0 Å². The Kier molecular flexibility index (Phi) is 8.16. The first-order valence-corrected chi connectivity index (χ1v) is 10.9. The number of alkyl carbamates (subject to hydrolysis) is 1. The van der Waals surface area contributed by atoms with Gasteiger partial charge in [0, 0.05) is 12.5 Å². The van der Waals surface area contributed by atoms with Crippen LogP contribution < -0.4 is 10.6 Å². The van der Waals surface area contributed by atoms with E-state index in [9.17, 15) is 27.6 Å². The van der Waals surface area contributed by atoms with Gasteiger partial charge in [0.15, 0.2) is 5.92 Å². The SMILES string of the molecule is C=CCCC(NC(=O)OCC1c2ccccc2-c2ccccc21)C(=O)NCC(C(=O)O)C(F)(F)F. The lowest BCUT2D eigenvalue weighted by molar-refractivity contribution is -0.192. The van der Waals surface area contributed by atoms with Crippen molar-refractivity contribution in [1.82, 2.24) is 10.6 Å². The number of carboxylic acid groups (broad SMARTS) is 1. The summed E-state index contributed by atoms with van der Waals surface area (Å²) in [7, 11) is 0. The van der Waals surface area contributed by atoms with Crippen molar-refractivity contribution in [3.05, 3.63) is 72.3 Å². The number of fused-ring (bicyclic) bond motifs is 3. The highest BCUT2D eigenvalue weighted by atomic mass is 19.4. The highest BCUT2D eigenvalue weighted by Gasteiger charge is 2.45. The Hall–Kier alpha value is -3.82. The average Bonchev–Trinajstić information content (AvgIpc) is 3.13. The van der Waals surface area contributed by atoms with Crippen LogP contribution in [0.3, 0.4) is 0 Å². The molecule has 0 fully saturated rings. The van der Waals surface area contributed by atoms with E-state index in [4.69, 9.17) is 9.84 Å². The lowest BCUT2D eigenvalue weighted by Gasteiger charge is -2.21. The number of hydrogen-bond acceptors (Lipinski definition) is 4. The van der Waals surface area contributed by atoms with Crippen molar-refractivity contribution in [1.29, 1.82) is 0 Å². The van der Waals surface area contributed by atoms with E-state index >= 15 is 0 Å². The van der Waals surface area contributed by atoms with E-state index < -0.39 is 42.7 Å². The Morgan fingerprint density at radius 1 is 1.06 bits per heavy atom. The fourth-order valence-corrected chi connectivity index (χ4v) is 4.00. The number of carboxylic acids is 1. The second kappa shape index (κ2) is 11.1. The smallest absolute Gasteiger partial charge is 0.407 e. The summed E-state index contributed by atoms with van der Waals surface area (Å²) in [6, 6.07) is 14.2. The minimum absolute atomic E-state index is 0.00911. The molecular formula is C25H25F3N2O5. The third-order valence-electron chi connectivity index (χ3n) is 5.79. The molecule has 0 bridgehead atoms. The van der Waals surface area contributed by atoms with Gasteiger partial charge in [-0.25, -0.2) is 4.79 Å². The zero-order chi connectivity index (χ0) is 25.6. The maximum absolute atomic E-state index is 12.9. The predicted octanol–water partition coefficient (Wildman–Crippen LogP) is 4.24. The molecule has 0 aromatic heterocycles. The Morgan fingerprint density at radius 2 is 1.63 bits per heavy atom. The summed E-state index contributed by atoms with van der Waals surface area (Å²) in [6.45, 7) is 2.36. The molecule has 35 heavy (non-hydrogen) atoms. The van der Waals surface area contributed by atoms with Crippen LogP contribution in [-0.4, -0.2) is 48.4 Å². The first-order chi connectivity index (χ1) is 16.6. The number of nitrogens with one attached hydrogen (secondary N) is 2. The van der Waals surface area contributed by atoms with Gasteiger partial charge in [-0.05, 0) is 35.1 Å². The molecule has 186 valence electrons. The number of carbonyl (C=O) groups excluding carboxylic acids is 2. The number of ether oxygens (including phenoxy) is 1. The van der Waals surface area contributed by atoms with E-state index in [1.54, 1.807) is 0 Å². The summed E-state index contributed by atoms with van der Waals surface area (Å²) in [5, 5.41) is 13.1. The highest BCUT2D eigenvalue weighted by Crippen LogP contribution is 2.44. The van der Waals surface area contributed by atoms with Gasteiger partial charge in [-0.15, -0.1) is 6.58 Å². The van der Waals surface area contributed by atoms with Gasteiger partial charge in [-0.1, -0.05) is 54.6 Å². The standard InChI is InChI=1S/C25H25F3N2O5/c1-2-3-12-21(22(31)29-13-20(23(32)33)25(26,27)28)30-24(34)35-14-19-17-10-6-4-8-15(17)16-9-5-7-11-18(16)19/h2,4-11,19-21H,1,3,12-14H2,(H,29,31)(H,30,34)(H,32,33). The molecule has 2 aromatic rings. The lowest BCUT2D eigenvalue weighted by atomic mass is 9.98. The first-order valence-electron chi connectivity index (χ1n) is 10.9. The number of amides is 2. The van der Waals surface area contributed by atoms with Crippen molar-refractivity contribution < 1.29 is 37.4 Å². The van der Waals surface area contributed by atoms with Crippen LogP contribution in [0.2, 0.25) is 0 Å². The number of allylic oxidation sites excluding steroid dienone is 1. The summed E-state index contributed by atoms with van der Waals surface area (Å²) >= 11 is 0. The molecule has 0 saturated heterocycles. The molecule has 1 aliphatic carbocycles. The maximum atomic E-state index is 12.9. The molecule has 2 aromatic carbocycles. The summed E-state index contributed by atoms with van der Waals surface area (Å²) < 4.78 is 44.0. The van der Waals surface area contributed by atoms with Crippen LogP contribution in [0, 0.1) is 5.92 Å². The third kappa shape index (κ3) is 6.20. The van der Waals surface area contributed by atoms with Crippen molar-refractivity contribution in [3.63, 3.8) is 0 Å². The molecule has 3 N–H and O–H groups in total. The van der Waals surface area contributed by atoms with Crippen LogP contribution in [-0.2, 0) is 14.3 Å². The minimum atomic E-state index is -5.03. The molecular weight excluding hydrogens is 465 g/mol. The number of carbonyl (C=O) groups is 3. The number of alkyl halides is 3. The van der Waals surface area contributed by atoms with Gasteiger partial charge >= 0.3 is 18.2 Å². The van der Waals surface area contributed by atoms with Gasteiger partial charge < -0.3 is 20.5 Å². The molecule has 0 radical (unpaired) electrons. The fourth-order valence-electron chi connectivity index (χ4n) is 4.00. The van der Waals surface area contributed by atoms with E-state index in [2.05, 4.69) is 11.9 Å². The number of halogens is 3. The summed E-state index contributed by atoms with van der Waals surface area (Å²) in [6.07, 6.45) is -4.14. The van der Waals surface area contributed by atoms with Crippen LogP contribution in [0.5, 0.6) is 0 Å². The molecule has 2 atom stereocenters. The van der Waals surface area contributed by atoms with Crippen molar-refractivity contribution >= 4 is 18.0 Å². The molecule has 2 unspecified atom stereocenters. The van der Waals surface area contributed by atoms with Gasteiger partial charge in [0.2, 0.25) is 5.91 Å². The molecule has 0 aliphatic heterocycles. The van der Waals surface area contributed by atoms with Gasteiger partial charge in [0.1, 0.15) is 12.6 Å². The first kappa shape index (κ1) is 25.8. The average molecular weight is 490 g/mol. The molecule has 10 heteroatoms. The second-order valence-electron chi connectivity index (χ2n) is 8.07. The zero-order valence-electron chi connectivity index (χ0n) is 18.7. The normalized spacial score (nSPS) is 14.3. The van der Waals surface area contributed by atoms with Gasteiger partial charge in [-0.2, -0.15) is 13.2 Å². The zero-order valence-corrected chi connectivity index (χ0v) is 18.7. The molecule has 0 spiro atoms. The molecule has 1 aliphatic rings. The Morgan fingerprint density at radius 3 is 2.14 bits per heavy atom. The maximum Gasteiger partial charge on any atom is 0.407 e. The molecule has 0 saturated carbocycles. The topological polar surface area (TPSA) is 105 Å². The van der Waals surface area contributed by atoms with E-state index in [-0.39, 0.29) is 25.4 Å². The summed E-state index contributed by atoms with van der Waals surface area (Å²) in [4.78, 5) is 35.8. The van der Waals surface area contributed by atoms with Gasteiger partial charge in [-0.3, -0.25) is 9.59 Å². The van der Waals surface area contributed by atoms with Crippen LogP contribution in [0.4, 0.5) is 18.0 Å². The summed E-state index contributed by atoms with van der Waals surface area (Å²) in [5.74, 6) is -6.03. The Balaban J connectivity index is 1.63. The van der Waals surface area contributed by atoms with Crippen LogP contribution >= 0.6 is 0 Å². The highest BCUT2D eigenvalue weighted by molar-refractivity contribution is 5.86. The van der Waals surface area contributed by atoms with Crippen LogP contribution in [0.15, 0.2) is 61.2 Å². The van der Waals surface area contributed by atoms with E-state index in [1.165, 1.54) is 6.08 Å². The van der Waals surface area contributed by atoms with Crippen LogP contribution in [0.1, 0.15) is 29.9 Å². The molecule has 7 nitrogen and oxygen atoms in total. The third-order valence-corrected chi connectivity index (χ3v) is 5.79. The van der Waals surface area contributed by atoms with E-state index in [0.717, 1.165) is 22.3 Å². The lowest BCUT2D eigenvalue weighted by Crippen LogP contribution is -2.50. The Labute approximate surface area is 200 Å². The quantitative estimate of drug-likeness (QED) is 0.432. The Bertz CT molecular complexity index is 1060. The molecule has 2 amide bonds. The number of hydrogen-bond donors (Lipinski definition) is 3. The largest absolute Gasteiger partial charge is 0.481 e. The molecule has 3 rings (SSSR count). The van der Waals surface area contributed by atoms with Crippen molar-refractivity contribution in [2.24, 2.45) is 5.92 Å². The monoisotopic (exact) mass is 490 g/mol. The van der Waals surface area contributed by atoms with Crippen molar-refractivity contribution in [2.75, 3.05) is 13.2 Å². The number of rotatable bonds is 10. The second-order valence-corrected chi connectivity index (χ2v) is 8.07. The van der Waals surface area contributed by atoms with Crippen molar-refractivity contribution in [3.8, 4) is 11.1 Å². The molecule has 0 heterocycles. The van der Waals surface area contributed by atoms with Gasteiger partial charge in [0.05, 0.1) is 0 Å².